The van der Waals surface area contributed by atoms with Gasteiger partial charge in [0.25, 0.3) is 0 Å². The molecule has 144 valence electrons. The van der Waals surface area contributed by atoms with Crippen LogP contribution in [-0.4, -0.2) is 33.5 Å². The molecular formula is C18H21BrClN5O2. The molecule has 0 radical (unpaired) electrons. The average Bonchev–Trinajstić information content (AvgIpc) is 2.97. The van der Waals surface area contributed by atoms with Gasteiger partial charge in [-0.15, -0.1) is 0 Å². The summed E-state index contributed by atoms with van der Waals surface area (Å²) in [7, 11) is 1.58. The number of aromatic nitrogens is 2. The van der Waals surface area contributed by atoms with E-state index in [4.69, 9.17) is 22.1 Å². The topological polar surface area (TPSA) is 93.4 Å². The largest absolute Gasteiger partial charge is 0.496 e. The number of carbonyl (C=O) groups is 1. The van der Waals surface area contributed by atoms with E-state index in [1.54, 1.807) is 24.1 Å². The maximum Gasteiger partial charge on any atom is 0.318 e. The van der Waals surface area contributed by atoms with Gasteiger partial charge in [0.2, 0.25) is 5.95 Å². The lowest BCUT2D eigenvalue weighted by atomic mass is 10.1. The highest BCUT2D eigenvalue weighted by Gasteiger charge is 2.31. The van der Waals surface area contributed by atoms with Crippen molar-refractivity contribution in [3.8, 4) is 17.0 Å². The Morgan fingerprint density at radius 2 is 2.04 bits per heavy atom. The summed E-state index contributed by atoms with van der Waals surface area (Å²) in [5.41, 5.74) is 8.43. The summed E-state index contributed by atoms with van der Waals surface area (Å²) in [4.78, 5) is 23.0. The Balaban J connectivity index is 2.02. The highest BCUT2D eigenvalue weighted by Crippen LogP contribution is 2.39. The normalized spacial score (nSPS) is 13.5. The van der Waals surface area contributed by atoms with E-state index in [1.807, 2.05) is 20.8 Å². The molecule has 2 amide bonds. The molecule has 0 aliphatic carbocycles. The Morgan fingerprint density at radius 1 is 1.33 bits per heavy atom. The van der Waals surface area contributed by atoms with E-state index in [1.165, 1.54) is 0 Å². The number of amides is 2. The molecule has 27 heavy (non-hydrogen) atoms. The second-order valence-corrected chi connectivity index (χ2v) is 8.62. The first kappa shape index (κ1) is 19.7. The molecule has 3 rings (SSSR count). The van der Waals surface area contributed by atoms with Crippen LogP contribution in [0.4, 0.5) is 10.7 Å². The lowest BCUT2D eigenvalue weighted by Crippen LogP contribution is -2.46. The Hall–Kier alpha value is -2.06. The van der Waals surface area contributed by atoms with Crippen LogP contribution in [0.25, 0.3) is 11.3 Å². The summed E-state index contributed by atoms with van der Waals surface area (Å²) < 4.78 is 6.11. The van der Waals surface area contributed by atoms with Crippen LogP contribution in [-0.2, 0) is 13.1 Å². The number of nitrogen functional groups attached to an aromatic ring is 1. The summed E-state index contributed by atoms with van der Waals surface area (Å²) in [6.07, 6.45) is 0. The highest BCUT2D eigenvalue weighted by molar-refractivity contribution is 9.10. The molecule has 2 heterocycles. The fraction of sp³-hybridized carbons (Fsp3) is 0.389. The van der Waals surface area contributed by atoms with E-state index in [2.05, 4.69) is 31.2 Å². The number of urea groups is 1. The van der Waals surface area contributed by atoms with Crippen molar-refractivity contribution in [3.63, 3.8) is 0 Å². The van der Waals surface area contributed by atoms with Crippen molar-refractivity contribution in [2.24, 2.45) is 0 Å². The van der Waals surface area contributed by atoms with E-state index >= 15 is 0 Å². The maximum absolute atomic E-state index is 12.6. The summed E-state index contributed by atoms with van der Waals surface area (Å²) >= 11 is 9.87. The molecule has 9 heteroatoms. The van der Waals surface area contributed by atoms with E-state index in [0.717, 1.165) is 15.7 Å². The zero-order valence-corrected chi connectivity index (χ0v) is 17.9. The quantitative estimate of drug-likeness (QED) is 0.716. The third-order valence-electron chi connectivity index (χ3n) is 4.07. The minimum absolute atomic E-state index is 0.139. The van der Waals surface area contributed by atoms with Crippen LogP contribution in [0.5, 0.6) is 5.75 Å². The predicted octanol–water partition coefficient (Wildman–Crippen LogP) is 3.97. The van der Waals surface area contributed by atoms with Crippen LogP contribution in [0.2, 0.25) is 5.02 Å². The Kier molecular flexibility index (Phi) is 5.22. The standard InChI is InChI=1S/C18H21BrClN5O2/c1-18(2,3)24-17(26)25-7-10-13(8-25)22-16(21)23-15(10)9-5-14(27-4)11(19)6-12(9)20/h5-6H,7-8H2,1-4H3,(H,24,26)(H2,21,22,23). The number of fused-ring (bicyclic) bond motifs is 1. The minimum Gasteiger partial charge on any atom is -0.496 e. The molecular weight excluding hydrogens is 434 g/mol. The smallest absolute Gasteiger partial charge is 0.318 e. The van der Waals surface area contributed by atoms with Crippen LogP contribution < -0.4 is 15.8 Å². The number of carbonyl (C=O) groups excluding carboxylic acids is 1. The Bertz CT molecular complexity index is 914. The van der Waals surface area contributed by atoms with Gasteiger partial charge in [-0.3, -0.25) is 0 Å². The van der Waals surface area contributed by atoms with Gasteiger partial charge in [-0.2, -0.15) is 0 Å². The van der Waals surface area contributed by atoms with Gasteiger partial charge in [-0.25, -0.2) is 14.8 Å². The molecule has 1 aliphatic rings. The Labute approximate surface area is 171 Å². The average molecular weight is 455 g/mol. The van der Waals surface area contributed by atoms with Gasteiger partial charge in [0, 0.05) is 16.7 Å². The SMILES string of the molecule is COc1cc(-c2nc(N)nc3c2CN(C(=O)NC(C)(C)C)C3)c(Cl)cc1Br. The molecule has 1 aromatic heterocycles. The molecule has 1 aliphatic heterocycles. The van der Waals surface area contributed by atoms with Crippen LogP contribution >= 0.6 is 27.5 Å². The molecule has 2 aromatic rings. The van der Waals surface area contributed by atoms with Crippen molar-refractivity contribution >= 4 is 39.5 Å². The van der Waals surface area contributed by atoms with E-state index < -0.39 is 0 Å². The molecule has 0 unspecified atom stereocenters. The lowest BCUT2D eigenvalue weighted by Gasteiger charge is -2.25. The lowest BCUT2D eigenvalue weighted by molar-refractivity contribution is 0.189. The maximum atomic E-state index is 12.6. The van der Waals surface area contributed by atoms with Crippen LogP contribution in [0.15, 0.2) is 16.6 Å². The van der Waals surface area contributed by atoms with Gasteiger partial charge >= 0.3 is 6.03 Å². The monoisotopic (exact) mass is 453 g/mol. The molecule has 0 bridgehead atoms. The van der Waals surface area contributed by atoms with Gasteiger partial charge in [0.1, 0.15) is 5.75 Å². The number of nitrogens with zero attached hydrogens (tertiary/aromatic N) is 3. The van der Waals surface area contributed by atoms with Crippen molar-refractivity contribution in [1.29, 1.82) is 0 Å². The number of methoxy groups -OCH3 is 1. The number of hydrogen-bond donors (Lipinski definition) is 2. The van der Waals surface area contributed by atoms with Gasteiger partial charge in [0.05, 0.1) is 41.1 Å². The molecule has 0 spiro atoms. The summed E-state index contributed by atoms with van der Waals surface area (Å²) in [5, 5.41) is 3.46. The Morgan fingerprint density at radius 3 is 2.67 bits per heavy atom. The third kappa shape index (κ3) is 4.11. The second-order valence-electron chi connectivity index (χ2n) is 7.36. The highest BCUT2D eigenvalue weighted by atomic mass is 79.9. The molecule has 0 fully saturated rings. The summed E-state index contributed by atoms with van der Waals surface area (Å²) in [5.74, 6) is 0.764. The van der Waals surface area contributed by atoms with Crippen LogP contribution in [0, 0.1) is 0 Å². The number of ether oxygens (including phenoxy) is 1. The van der Waals surface area contributed by atoms with Gasteiger partial charge in [-0.1, -0.05) is 11.6 Å². The van der Waals surface area contributed by atoms with Gasteiger partial charge in [-0.05, 0) is 48.8 Å². The molecule has 7 nitrogen and oxygen atoms in total. The molecule has 0 atom stereocenters. The molecule has 0 saturated heterocycles. The fourth-order valence-corrected chi connectivity index (χ4v) is 3.80. The number of rotatable bonds is 2. The van der Waals surface area contributed by atoms with Crippen molar-refractivity contribution in [1.82, 2.24) is 20.2 Å². The number of nitrogens with one attached hydrogen (secondary N) is 1. The first-order chi connectivity index (χ1) is 12.6. The number of halogens is 2. The van der Waals surface area contributed by atoms with Crippen molar-refractivity contribution in [2.75, 3.05) is 12.8 Å². The van der Waals surface area contributed by atoms with Gasteiger partial charge in [0.15, 0.2) is 0 Å². The molecule has 1 aromatic carbocycles. The number of nitrogens with two attached hydrogens (primary N) is 1. The zero-order valence-electron chi connectivity index (χ0n) is 15.6. The first-order valence-corrected chi connectivity index (χ1v) is 9.52. The third-order valence-corrected chi connectivity index (χ3v) is 5.00. The van der Waals surface area contributed by atoms with Crippen LogP contribution in [0.1, 0.15) is 32.0 Å². The molecule has 3 N–H and O–H groups in total. The van der Waals surface area contributed by atoms with E-state index in [9.17, 15) is 4.79 Å². The summed E-state index contributed by atoms with van der Waals surface area (Å²) in [6.45, 7) is 6.55. The van der Waals surface area contributed by atoms with Crippen LogP contribution in [0.3, 0.4) is 0 Å². The summed E-state index contributed by atoms with van der Waals surface area (Å²) in [6, 6.07) is 3.38. The number of anilines is 1. The van der Waals surface area contributed by atoms with E-state index in [-0.39, 0.29) is 17.5 Å². The van der Waals surface area contributed by atoms with Crippen molar-refractivity contribution < 1.29 is 9.53 Å². The minimum atomic E-state index is -0.332. The van der Waals surface area contributed by atoms with Gasteiger partial charge < -0.3 is 20.7 Å². The number of benzene rings is 1. The predicted molar refractivity (Wildman–Crippen MR) is 109 cm³/mol. The van der Waals surface area contributed by atoms with E-state index in [0.29, 0.717) is 35.1 Å². The second kappa shape index (κ2) is 7.16. The zero-order chi connectivity index (χ0) is 19.9. The molecule has 0 saturated carbocycles. The first-order valence-electron chi connectivity index (χ1n) is 8.35. The van der Waals surface area contributed by atoms with Crippen molar-refractivity contribution in [2.45, 2.75) is 39.4 Å². The number of hydrogen-bond acceptors (Lipinski definition) is 5. The van der Waals surface area contributed by atoms with Crippen molar-refractivity contribution in [3.05, 3.63) is 32.9 Å². The fourth-order valence-electron chi connectivity index (χ4n) is 2.91.